The quantitative estimate of drug-likeness (QED) is 0.215. The van der Waals surface area contributed by atoms with Crippen molar-refractivity contribution in [3.63, 3.8) is 0 Å². The maximum absolute atomic E-state index is 12.7. The minimum absolute atomic E-state index is 0.0323. The molecular formula is C30H41ClO2Si. The van der Waals surface area contributed by atoms with E-state index in [2.05, 4.69) is 94.4 Å². The summed E-state index contributed by atoms with van der Waals surface area (Å²) in [5.41, 5.74) is 1.49. The molecule has 0 aliphatic rings. The van der Waals surface area contributed by atoms with Crippen molar-refractivity contribution in [2.24, 2.45) is 11.8 Å². The number of ketones is 1. The van der Waals surface area contributed by atoms with E-state index in [1.165, 1.54) is 15.9 Å². The smallest absolute Gasteiger partial charge is 0.261 e. The summed E-state index contributed by atoms with van der Waals surface area (Å²) in [4.78, 5) is 12.7. The number of hydrogen-bond donors (Lipinski definition) is 0. The van der Waals surface area contributed by atoms with E-state index < -0.39 is 8.32 Å². The first-order chi connectivity index (χ1) is 16.2. The molecule has 0 saturated carbocycles. The Hall–Kier alpha value is -1.94. The van der Waals surface area contributed by atoms with Crippen LogP contribution in [0.2, 0.25) is 5.04 Å². The summed E-state index contributed by atoms with van der Waals surface area (Å²) >= 11 is 5.52. The first-order valence-electron chi connectivity index (χ1n) is 12.4. The molecule has 2 nitrogen and oxygen atoms in total. The maximum atomic E-state index is 12.7. The highest BCUT2D eigenvalue weighted by molar-refractivity contribution is 6.99. The number of allylic oxidation sites excluding steroid dienone is 3. The van der Waals surface area contributed by atoms with Crippen LogP contribution in [0.1, 0.15) is 60.3 Å². The molecule has 2 aromatic carbocycles. The van der Waals surface area contributed by atoms with Crippen molar-refractivity contribution in [3.8, 4) is 0 Å². The van der Waals surface area contributed by atoms with E-state index in [-0.39, 0.29) is 11.0 Å². The highest BCUT2D eigenvalue weighted by Gasteiger charge is 2.50. The lowest BCUT2D eigenvalue weighted by Gasteiger charge is -2.43. The van der Waals surface area contributed by atoms with Crippen LogP contribution in [-0.2, 0) is 9.22 Å². The largest absolute Gasteiger partial charge is 0.407 e. The Balaban J connectivity index is 2.07. The van der Waals surface area contributed by atoms with Crippen LogP contribution < -0.4 is 10.4 Å². The second kappa shape index (κ2) is 13.8. The van der Waals surface area contributed by atoms with E-state index in [4.69, 9.17) is 16.0 Å². The molecule has 4 heteroatoms. The summed E-state index contributed by atoms with van der Waals surface area (Å²) in [5.74, 6) is 0.715. The SMILES string of the molecule is C[C@H](CCO[Si](c1ccccc1)(c1ccccc1)C(C)(C)C)CC(=O)[C@H](C)CC/C=C/C=C/Cl. The fourth-order valence-corrected chi connectivity index (χ4v) is 9.21. The number of carbonyl (C=O) groups is 1. The van der Waals surface area contributed by atoms with Crippen LogP contribution in [0.3, 0.4) is 0 Å². The van der Waals surface area contributed by atoms with Crippen molar-refractivity contribution in [2.45, 2.75) is 65.3 Å². The van der Waals surface area contributed by atoms with Gasteiger partial charge in [-0.2, -0.15) is 0 Å². The molecule has 0 fully saturated rings. The normalized spacial score (nSPS) is 14.5. The van der Waals surface area contributed by atoms with Gasteiger partial charge in [-0.05, 0) is 40.6 Å². The lowest BCUT2D eigenvalue weighted by molar-refractivity contribution is -0.123. The highest BCUT2D eigenvalue weighted by atomic mass is 35.5. The van der Waals surface area contributed by atoms with Gasteiger partial charge in [0.25, 0.3) is 8.32 Å². The molecule has 0 amide bonds. The average molecular weight is 497 g/mol. The van der Waals surface area contributed by atoms with E-state index >= 15 is 0 Å². The van der Waals surface area contributed by atoms with E-state index in [9.17, 15) is 4.79 Å². The third kappa shape index (κ3) is 7.80. The zero-order valence-corrected chi connectivity index (χ0v) is 23.2. The van der Waals surface area contributed by atoms with Gasteiger partial charge in [-0.25, -0.2) is 0 Å². The molecule has 0 saturated heterocycles. The van der Waals surface area contributed by atoms with Crippen molar-refractivity contribution in [3.05, 3.63) is 84.4 Å². The number of benzene rings is 2. The van der Waals surface area contributed by atoms with Gasteiger partial charge in [0, 0.05) is 24.5 Å². The number of hydrogen-bond acceptors (Lipinski definition) is 2. The third-order valence-corrected chi connectivity index (χ3v) is 11.7. The van der Waals surface area contributed by atoms with Crippen molar-refractivity contribution in [1.82, 2.24) is 0 Å². The topological polar surface area (TPSA) is 26.3 Å². The lowest BCUT2D eigenvalue weighted by atomic mass is 9.92. The number of rotatable bonds is 13. The predicted octanol–water partition coefficient (Wildman–Crippen LogP) is 7.27. The predicted molar refractivity (Wildman–Crippen MR) is 150 cm³/mol. The number of Topliss-reactive ketones (excluding diaryl/α,β-unsaturated/α-hetero) is 1. The van der Waals surface area contributed by atoms with Gasteiger partial charge in [0.15, 0.2) is 0 Å². The van der Waals surface area contributed by atoms with Crippen LogP contribution in [0.5, 0.6) is 0 Å². The molecule has 0 spiro atoms. The van der Waals surface area contributed by atoms with Crippen LogP contribution in [0.4, 0.5) is 0 Å². The summed E-state index contributed by atoms with van der Waals surface area (Å²) in [6.07, 6.45) is 9.02. The van der Waals surface area contributed by atoms with E-state index in [0.29, 0.717) is 24.7 Å². The minimum atomic E-state index is -2.51. The molecule has 0 heterocycles. The van der Waals surface area contributed by atoms with Gasteiger partial charge >= 0.3 is 0 Å². The molecule has 34 heavy (non-hydrogen) atoms. The molecule has 0 aliphatic carbocycles. The van der Waals surface area contributed by atoms with Gasteiger partial charge in [-0.3, -0.25) is 4.79 Å². The van der Waals surface area contributed by atoms with Crippen LogP contribution in [0.15, 0.2) is 84.4 Å². The number of halogens is 1. The van der Waals surface area contributed by atoms with Gasteiger partial charge in [-0.1, -0.05) is 125 Å². The molecule has 0 aliphatic heterocycles. The lowest BCUT2D eigenvalue weighted by Crippen LogP contribution is -2.66. The zero-order valence-electron chi connectivity index (χ0n) is 21.5. The van der Waals surface area contributed by atoms with E-state index in [1.54, 1.807) is 6.08 Å². The van der Waals surface area contributed by atoms with E-state index in [1.807, 2.05) is 13.0 Å². The summed E-state index contributed by atoms with van der Waals surface area (Å²) in [5, 5.41) is 2.56. The van der Waals surface area contributed by atoms with Crippen molar-refractivity contribution in [1.29, 1.82) is 0 Å². The van der Waals surface area contributed by atoms with Crippen LogP contribution in [-0.4, -0.2) is 20.7 Å². The number of carbonyl (C=O) groups excluding carboxylic acids is 1. The molecule has 2 atom stereocenters. The summed E-state index contributed by atoms with van der Waals surface area (Å²) in [6, 6.07) is 21.4. The van der Waals surface area contributed by atoms with Crippen LogP contribution in [0, 0.1) is 11.8 Å². The van der Waals surface area contributed by atoms with Crippen LogP contribution >= 0.6 is 11.6 Å². The first-order valence-corrected chi connectivity index (χ1v) is 14.8. The Morgan fingerprint density at radius 1 is 0.941 bits per heavy atom. The Morgan fingerprint density at radius 2 is 1.50 bits per heavy atom. The molecule has 0 N–H and O–H groups in total. The summed E-state index contributed by atoms with van der Waals surface area (Å²) in [7, 11) is -2.51. The molecule has 184 valence electrons. The minimum Gasteiger partial charge on any atom is -0.407 e. The van der Waals surface area contributed by atoms with Crippen molar-refractivity contribution < 1.29 is 9.22 Å². The van der Waals surface area contributed by atoms with Gasteiger partial charge in [0.1, 0.15) is 5.78 Å². The Bertz CT molecular complexity index is 876. The first kappa shape index (κ1) is 28.3. The van der Waals surface area contributed by atoms with Gasteiger partial charge < -0.3 is 4.43 Å². The van der Waals surface area contributed by atoms with Gasteiger partial charge in [-0.15, -0.1) is 0 Å². The Labute approximate surface area is 213 Å². The average Bonchev–Trinajstić information content (AvgIpc) is 2.82. The fraction of sp³-hybridized carbons (Fsp3) is 0.433. The molecule has 0 radical (unpaired) electrons. The molecule has 0 unspecified atom stereocenters. The molecular weight excluding hydrogens is 456 g/mol. The molecule has 0 bridgehead atoms. The molecule has 0 aromatic heterocycles. The molecule has 2 rings (SSSR count). The Morgan fingerprint density at radius 3 is 2.00 bits per heavy atom. The molecule has 2 aromatic rings. The third-order valence-electron chi connectivity index (χ3n) is 6.53. The van der Waals surface area contributed by atoms with Crippen molar-refractivity contribution in [2.75, 3.05) is 6.61 Å². The van der Waals surface area contributed by atoms with Gasteiger partial charge in [0.2, 0.25) is 0 Å². The standard InChI is InChI=1S/C30H41ClO2Si/c1-25(24-29(32)26(2)16-10-6-7-15-22-31)21-23-33-34(30(3,4)5,27-17-11-8-12-18-27)28-19-13-9-14-20-28/h6-9,11-15,17-20,22,25-26H,10,16,21,23-24H2,1-5H3/b7-6+,22-15+/t25-,26-/m1/s1. The van der Waals surface area contributed by atoms with Crippen LogP contribution in [0.25, 0.3) is 0 Å². The summed E-state index contributed by atoms with van der Waals surface area (Å²) < 4.78 is 6.98. The van der Waals surface area contributed by atoms with E-state index in [0.717, 1.165) is 19.3 Å². The summed E-state index contributed by atoms with van der Waals surface area (Å²) in [6.45, 7) is 11.8. The van der Waals surface area contributed by atoms with Gasteiger partial charge in [0.05, 0.1) is 0 Å². The monoisotopic (exact) mass is 496 g/mol. The fourth-order valence-electron chi connectivity index (χ4n) is 4.55. The second-order valence-corrected chi connectivity index (χ2v) is 14.9. The zero-order chi connectivity index (χ0) is 25.0. The van der Waals surface area contributed by atoms with Crippen molar-refractivity contribution >= 4 is 36.1 Å². The maximum Gasteiger partial charge on any atom is 0.261 e. The Kier molecular flexibility index (Phi) is 11.5. The second-order valence-electron chi connectivity index (χ2n) is 10.3. The highest BCUT2D eigenvalue weighted by Crippen LogP contribution is 2.37.